The third kappa shape index (κ3) is 3.43. The van der Waals surface area contributed by atoms with Gasteiger partial charge in [-0.25, -0.2) is 12.7 Å². The van der Waals surface area contributed by atoms with Crippen molar-refractivity contribution in [2.75, 3.05) is 19.3 Å². The quantitative estimate of drug-likeness (QED) is 0.795. The van der Waals surface area contributed by atoms with Gasteiger partial charge < -0.3 is 5.32 Å². The van der Waals surface area contributed by atoms with Gasteiger partial charge in [0.2, 0.25) is 10.0 Å². The molecule has 0 aromatic heterocycles. The lowest BCUT2D eigenvalue weighted by Crippen LogP contribution is -2.43. The molecule has 0 aliphatic heterocycles. The summed E-state index contributed by atoms with van der Waals surface area (Å²) in [5.74, 6) is 0.205. The summed E-state index contributed by atoms with van der Waals surface area (Å²) in [4.78, 5) is 0. The molecular weight excluding hydrogens is 224 g/mol. The van der Waals surface area contributed by atoms with E-state index >= 15 is 0 Å². The first-order valence-corrected chi connectivity index (χ1v) is 7.81. The van der Waals surface area contributed by atoms with E-state index in [0.29, 0.717) is 6.04 Å². The lowest BCUT2D eigenvalue weighted by Gasteiger charge is -2.34. The highest BCUT2D eigenvalue weighted by Crippen LogP contribution is 2.24. The predicted molar refractivity (Wildman–Crippen MR) is 66.9 cm³/mol. The molecule has 0 amide bonds. The normalized spacial score (nSPS) is 27.2. The van der Waals surface area contributed by atoms with Crippen LogP contribution in [-0.4, -0.2) is 44.2 Å². The number of nitrogens with one attached hydrogen (secondary N) is 1. The molecule has 1 rings (SSSR count). The van der Waals surface area contributed by atoms with Crippen LogP contribution in [0, 0.1) is 0 Å². The molecule has 0 radical (unpaired) electrons. The van der Waals surface area contributed by atoms with E-state index in [0.717, 1.165) is 32.2 Å². The fourth-order valence-electron chi connectivity index (χ4n) is 2.36. The minimum atomic E-state index is -3.01. The molecule has 1 aliphatic carbocycles. The van der Waals surface area contributed by atoms with E-state index in [9.17, 15) is 8.42 Å². The topological polar surface area (TPSA) is 49.4 Å². The molecule has 4 nitrogen and oxygen atoms in total. The van der Waals surface area contributed by atoms with Crippen molar-refractivity contribution in [2.24, 2.45) is 0 Å². The molecule has 0 heterocycles. The van der Waals surface area contributed by atoms with E-state index < -0.39 is 10.0 Å². The first-order chi connectivity index (χ1) is 7.51. The molecule has 1 aliphatic rings. The Morgan fingerprint density at radius 3 is 2.19 bits per heavy atom. The summed E-state index contributed by atoms with van der Waals surface area (Å²) in [6.07, 6.45) is 4.13. The van der Waals surface area contributed by atoms with Gasteiger partial charge in [-0.15, -0.1) is 0 Å². The molecule has 0 atom stereocenters. The first-order valence-electron chi connectivity index (χ1n) is 6.20. The summed E-state index contributed by atoms with van der Waals surface area (Å²) in [7, 11) is -1.30. The Morgan fingerprint density at radius 1 is 1.19 bits per heavy atom. The predicted octanol–water partition coefficient (Wildman–Crippen LogP) is 1.19. The summed E-state index contributed by atoms with van der Waals surface area (Å²) in [5, 5.41) is 3.43. The van der Waals surface area contributed by atoms with E-state index in [1.807, 2.05) is 0 Å². The van der Waals surface area contributed by atoms with Crippen LogP contribution in [0.5, 0.6) is 0 Å². The Hall–Kier alpha value is -0.130. The van der Waals surface area contributed by atoms with Crippen LogP contribution in [0.1, 0.15) is 39.5 Å². The molecule has 0 aromatic carbocycles. The number of nitrogens with zero attached hydrogens (tertiary/aromatic N) is 1. The highest BCUT2D eigenvalue weighted by Gasteiger charge is 2.28. The number of sulfonamides is 1. The van der Waals surface area contributed by atoms with Crippen LogP contribution >= 0.6 is 0 Å². The maximum absolute atomic E-state index is 11.7. The van der Waals surface area contributed by atoms with Crippen molar-refractivity contribution in [1.82, 2.24) is 9.62 Å². The van der Waals surface area contributed by atoms with Gasteiger partial charge in [-0.05, 0) is 39.2 Å². The Bertz CT molecular complexity index is 295. The van der Waals surface area contributed by atoms with Gasteiger partial charge in [0.1, 0.15) is 0 Å². The number of rotatable bonds is 5. The zero-order chi connectivity index (χ0) is 12.2. The average molecular weight is 248 g/mol. The first kappa shape index (κ1) is 13.9. The van der Waals surface area contributed by atoms with Crippen LogP contribution in [0.25, 0.3) is 0 Å². The third-order valence-corrected chi connectivity index (χ3v) is 5.41. The molecule has 0 spiro atoms. The summed E-state index contributed by atoms with van der Waals surface area (Å²) in [5.41, 5.74) is 0. The van der Waals surface area contributed by atoms with Gasteiger partial charge in [-0.2, -0.15) is 0 Å². The van der Waals surface area contributed by atoms with Crippen molar-refractivity contribution < 1.29 is 8.42 Å². The zero-order valence-corrected chi connectivity index (χ0v) is 11.4. The molecule has 0 bridgehead atoms. The minimum absolute atomic E-state index is 0.205. The summed E-state index contributed by atoms with van der Waals surface area (Å²) >= 11 is 0. The maximum atomic E-state index is 11.7. The second kappa shape index (κ2) is 5.98. The Balaban J connectivity index is 2.48. The molecule has 0 saturated heterocycles. The highest BCUT2D eigenvalue weighted by atomic mass is 32.2. The Labute approximate surface area is 99.5 Å². The van der Waals surface area contributed by atoms with Crippen LogP contribution in [0.4, 0.5) is 0 Å². The average Bonchev–Trinajstić information content (AvgIpc) is 2.29. The lowest BCUT2D eigenvalue weighted by molar-refractivity contribution is 0.251. The largest absolute Gasteiger partial charge is 0.314 e. The van der Waals surface area contributed by atoms with Crippen LogP contribution in [0.3, 0.4) is 0 Å². The molecule has 0 unspecified atom stereocenters. The highest BCUT2D eigenvalue weighted by molar-refractivity contribution is 7.89. The molecule has 16 heavy (non-hydrogen) atoms. The molecule has 1 fully saturated rings. The van der Waals surface area contributed by atoms with Crippen molar-refractivity contribution in [3.63, 3.8) is 0 Å². The standard InChI is InChI=1S/C11H24N2O2S/c1-4-12-10-6-8-11(9-7-10)13(3)16(14,15)5-2/h10-12H,4-9H2,1-3H3. The van der Waals surface area contributed by atoms with Gasteiger partial charge in [-0.1, -0.05) is 6.92 Å². The van der Waals surface area contributed by atoms with Crippen molar-refractivity contribution in [3.8, 4) is 0 Å². The van der Waals surface area contributed by atoms with E-state index in [1.54, 1.807) is 18.3 Å². The Kier molecular flexibility index (Phi) is 5.21. The van der Waals surface area contributed by atoms with Gasteiger partial charge in [0.15, 0.2) is 0 Å². The fraction of sp³-hybridized carbons (Fsp3) is 1.00. The zero-order valence-electron chi connectivity index (χ0n) is 10.6. The van der Waals surface area contributed by atoms with Gasteiger partial charge in [0, 0.05) is 19.1 Å². The number of hydrogen-bond acceptors (Lipinski definition) is 3. The van der Waals surface area contributed by atoms with Crippen molar-refractivity contribution in [3.05, 3.63) is 0 Å². The lowest BCUT2D eigenvalue weighted by atomic mass is 9.91. The van der Waals surface area contributed by atoms with Gasteiger partial charge in [-0.3, -0.25) is 0 Å². The second-order valence-corrected chi connectivity index (χ2v) is 6.80. The van der Waals surface area contributed by atoms with Crippen LogP contribution in [-0.2, 0) is 10.0 Å². The molecule has 0 aromatic rings. The van der Waals surface area contributed by atoms with Crippen LogP contribution < -0.4 is 5.32 Å². The minimum Gasteiger partial charge on any atom is -0.314 e. The maximum Gasteiger partial charge on any atom is 0.213 e. The Morgan fingerprint density at radius 2 is 1.75 bits per heavy atom. The van der Waals surface area contributed by atoms with Gasteiger partial charge in [0.25, 0.3) is 0 Å². The summed E-state index contributed by atoms with van der Waals surface area (Å²) < 4.78 is 25.0. The van der Waals surface area contributed by atoms with Gasteiger partial charge in [0.05, 0.1) is 5.75 Å². The van der Waals surface area contributed by atoms with Crippen molar-refractivity contribution in [2.45, 2.75) is 51.6 Å². The van der Waals surface area contributed by atoms with Crippen LogP contribution in [0.15, 0.2) is 0 Å². The van der Waals surface area contributed by atoms with Crippen molar-refractivity contribution >= 4 is 10.0 Å². The fourth-order valence-corrected chi connectivity index (χ4v) is 3.44. The third-order valence-electron chi connectivity index (χ3n) is 3.51. The van der Waals surface area contributed by atoms with Crippen LogP contribution in [0.2, 0.25) is 0 Å². The molecule has 5 heteroatoms. The number of hydrogen-bond donors (Lipinski definition) is 1. The van der Waals surface area contributed by atoms with E-state index in [-0.39, 0.29) is 11.8 Å². The van der Waals surface area contributed by atoms with E-state index in [2.05, 4.69) is 12.2 Å². The monoisotopic (exact) mass is 248 g/mol. The van der Waals surface area contributed by atoms with E-state index in [1.165, 1.54) is 0 Å². The smallest absolute Gasteiger partial charge is 0.213 e. The molecule has 1 saturated carbocycles. The van der Waals surface area contributed by atoms with Crippen molar-refractivity contribution in [1.29, 1.82) is 0 Å². The second-order valence-electron chi connectivity index (χ2n) is 4.48. The molecule has 96 valence electrons. The van der Waals surface area contributed by atoms with Gasteiger partial charge >= 0.3 is 0 Å². The van der Waals surface area contributed by atoms with E-state index in [4.69, 9.17) is 0 Å². The molecule has 1 N–H and O–H groups in total. The summed E-state index contributed by atoms with van der Waals surface area (Å²) in [6.45, 7) is 4.81. The SMILES string of the molecule is CCNC1CCC(N(C)S(=O)(=O)CC)CC1. The summed E-state index contributed by atoms with van der Waals surface area (Å²) in [6, 6.07) is 0.791. The molecular formula is C11H24N2O2S.